The molecule has 4 heteroatoms. The van der Waals surface area contributed by atoms with E-state index in [4.69, 9.17) is 9.15 Å². The summed E-state index contributed by atoms with van der Waals surface area (Å²) in [5.74, 6) is 2.23. The summed E-state index contributed by atoms with van der Waals surface area (Å²) in [6.45, 7) is 5.84. The molecule has 1 aromatic rings. The smallest absolute Gasteiger partial charge is 0.121 e. The normalized spacial score (nSPS) is 24.6. The van der Waals surface area contributed by atoms with E-state index in [0.717, 1.165) is 69.9 Å². The van der Waals surface area contributed by atoms with Crippen molar-refractivity contribution in [1.82, 2.24) is 4.90 Å². The van der Waals surface area contributed by atoms with Crippen LogP contribution in [0.5, 0.6) is 0 Å². The van der Waals surface area contributed by atoms with Gasteiger partial charge >= 0.3 is 0 Å². The molecule has 2 aliphatic heterocycles. The van der Waals surface area contributed by atoms with Crippen LogP contribution in [0.25, 0.3) is 0 Å². The Labute approximate surface area is 152 Å². The van der Waals surface area contributed by atoms with Gasteiger partial charge < -0.3 is 9.15 Å². The lowest BCUT2D eigenvalue weighted by Crippen LogP contribution is -2.32. The Morgan fingerprint density at radius 1 is 1.24 bits per heavy atom. The van der Waals surface area contributed by atoms with Gasteiger partial charge in [-0.15, -0.1) is 0 Å². The maximum atomic E-state index is 9.65. The second-order valence-corrected chi connectivity index (χ2v) is 7.67. The van der Waals surface area contributed by atoms with Gasteiger partial charge in [-0.1, -0.05) is 19.8 Å². The summed E-state index contributed by atoms with van der Waals surface area (Å²) < 4.78 is 11.5. The lowest BCUT2D eigenvalue weighted by Gasteiger charge is -2.33. The molecule has 138 valence electrons. The molecule has 0 spiro atoms. The third-order valence-electron chi connectivity index (χ3n) is 6.01. The van der Waals surface area contributed by atoms with Gasteiger partial charge in [0.05, 0.1) is 17.5 Å². The van der Waals surface area contributed by atoms with Crippen LogP contribution in [0.2, 0.25) is 0 Å². The number of hydrogen-bond acceptors (Lipinski definition) is 4. The molecule has 0 saturated carbocycles. The summed E-state index contributed by atoms with van der Waals surface area (Å²) in [5, 5.41) is 9.65. The number of likely N-dealkylation sites (tertiary alicyclic amines) is 1. The van der Waals surface area contributed by atoms with Gasteiger partial charge in [-0.3, -0.25) is 4.90 Å². The van der Waals surface area contributed by atoms with E-state index >= 15 is 0 Å². The Morgan fingerprint density at radius 2 is 2.08 bits per heavy atom. The van der Waals surface area contributed by atoms with E-state index in [0.29, 0.717) is 6.04 Å². The van der Waals surface area contributed by atoms with E-state index in [1.165, 1.54) is 25.7 Å². The maximum Gasteiger partial charge on any atom is 0.121 e. The van der Waals surface area contributed by atoms with E-state index in [-0.39, 0.29) is 5.41 Å². The Hall–Kier alpha value is -1.31. The molecule has 1 atom stereocenters. The van der Waals surface area contributed by atoms with Crippen molar-refractivity contribution in [2.75, 3.05) is 26.3 Å². The summed E-state index contributed by atoms with van der Waals surface area (Å²) in [6.07, 6.45) is 9.88. The first-order valence-electron chi connectivity index (χ1n) is 10.1. The van der Waals surface area contributed by atoms with Gasteiger partial charge in [-0.25, -0.2) is 0 Å². The van der Waals surface area contributed by atoms with Crippen LogP contribution in [-0.4, -0.2) is 31.2 Å². The summed E-state index contributed by atoms with van der Waals surface area (Å²) >= 11 is 0. The standard InChI is InChI=1S/C21H32N2O2/c1-2-18-8-9-20(25-18)19-7-4-3-5-13-23(19)14-6-10-21(17-22)11-15-24-16-12-21/h8-9,19H,2-7,10-16H2,1H3/t19-/m1/s1. The van der Waals surface area contributed by atoms with Gasteiger partial charge in [0.25, 0.3) is 0 Å². The van der Waals surface area contributed by atoms with Gasteiger partial charge in [-0.05, 0) is 63.7 Å². The molecule has 0 N–H and O–H groups in total. The average Bonchev–Trinajstić information content (AvgIpc) is 3.01. The number of ether oxygens (including phenoxy) is 1. The highest BCUT2D eigenvalue weighted by Crippen LogP contribution is 2.36. The predicted molar refractivity (Wildman–Crippen MR) is 98.2 cm³/mol. The molecule has 0 aliphatic carbocycles. The van der Waals surface area contributed by atoms with E-state index < -0.39 is 0 Å². The Bertz CT molecular complexity index is 569. The molecule has 1 aromatic heterocycles. The number of aryl methyl sites for hydroxylation is 1. The predicted octanol–water partition coefficient (Wildman–Crippen LogP) is 4.86. The first kappa shape index (κ1) is 18.5. The van der Waals surface area contributed by atoms with Crippen molar-refractivity contribution in [1.29, 1.82) is 5.26 Å². The molecule has 2 aliphatic rings. The second kappa shape index (κ2) is 8.87. The van der Waals surface area contributed by atoms with Crippen LogP contribution in [0.3, 0.4) is 0 Å². The van der Waals surface area contributed by atoms with E-state index in [1.807, 2.05) is 0 Å². The van der Waals surface area contributed by atoms with E-state index in [2.05, 4.69) is 30.0 Å². The number of nitrogens with zero attached hydrogens (tertiary/aromatic N) is 2. The molecule has 2 saturated heterocycles. The van der Waals surface area contributed by atoms with Crippen LogP contribution in [-0.2, 0) is 11.2 Å². The largest absolute Gasteiger partial charge is 0.464 e. The highest BCUT2D eigenvalue weighted by Gasteiger charge is 2.33. The summed E-state index contributed by atoms with van der Waals surface area (Å²) in [4.78, 5) is 2.61. The van der Waals surface area contributed by atoms with Crippen molar-refractivity contribution in [3.05, 3.63) is 23.7 Å². The highest BCUT2D eigenvalue weighted by molar-refractivity contribution is 5.11. The van der Waals surface area contributed by atoms with Gasteiger partial charge in [0, 0.05) is 19.6 Å². The lowest BCUT2D eigenvalue weighted by atomic mass is 9.78. The topological polar surface area (TPSA) is 49.4 Å². The minimum Gasteiger partial charge on any atom is -0.464 e. The molecule has 0 aromatic carbocycles. The van der Waals surface area contributed by atoms with Gasteiger partial charge in [0.1, 0.15) is 11.5 Å². The molecule has 2 fully saturated rings. The molecule has 3 rings (SSSR count). The molecule has 0 radical (unpaired) electrons. The fourth-order valence-electron chi connectivity index (χ4n) is 4.32. The quantitative estimate of drug-likeness (QED) is 0.739. The van der Waals surface area contributed by atoms with Crippen molar-refractivity contribution in [3.63, 3.8) is 0 Å². The Morgan fingerprint density at radius 3 is 2.80 bits per heavy atom. The van der Waals surface area contributed by atoms with Crippen LogP contribution in [0, 0.1) is 16.7 Å². The Balaban J connectivity index is 1.60. The van der Waals surface area contributed by atoms with E-state index in [1.54, 1.807) is 0 Å². The number of nitriles is 1. The van der Waals surface area contributed by atoms with Gasteiger partial charge in [0.15, 0.2) is 0 Å². The molecular weight excluding hydrogens is 312 g/mol. The van der Waals surface area contributed by atoms with Crippen molar-refractivity contribution in [2.24, 2.45) is 5.41 Å². The Kier molecular flexibility index (Phi) is 6.56. The number of rotatable bonds is 6. The average molecular weight is 344 g/mol. The first-order valence-corrected chi connectivity index (χ1v) is 10.1. The first-order chi connectivity index (χ1) is 12.3. The van der Waals surface area contributed by atoms with Crippen LogP contribution in [0.1, 0.15) is 75.9 Å². The van der Waals surface area contributed by atoms with Crippen LogP contribution >= 0.6 is 0 Å². The van der Waals surface area contributed by atoms with Crippen molar-refractivity contribution < 1.29 is 9.15 Å². The highest BCUT2D eigenvalue weighted by atomic mass is 16.5. The van der Waals surface area contributed by atoms with Crippen LogP contribution in [0.4, 0.5) is 0 Å². The minimum atomic E-state index is -0.153. The second-order valence-electron chi connectivity index (χ2n) is 7.67. The summed E-state index contributed by atoms with van der Waals surface area (Å²) in [7, 11) is 0. The summed E-state index contributed by atoms with van der Waals surface area (Å²) in [6, 6.07) is 7.32. The zero-order valence-electron chi connectivity index (χ0n) is 15.6. The van der Waals surface area contributed by atoms with Crippen molar-refractivity contribution in [3.8, 4) is 6.07 Å². The fourth-order valence-corrected chi connectivity index (χ4v) is 4.32. The fraction of sp³-hybridized carbons (Fsp3) is 0.762. The van der Waals surface area contributed by atoms with Gasteiger partial charge in [-0.2, -0.15) is 5.26 Å². The van der Waals surface area contributed by atoms with Gasteiger partial charge in [0.2, 0.25) is 0 Å². The zero-order valence-corrected chi connectivity index (χ0v) is 15.6. The molecule has 0 bridgehead atoms. The summed E-state index contributed by atoms with van der Waals surface area (Å²) in [5.41, 5.74) is -0.153. The number of furan rings is 1. The van der Waals surface area contributed by atoms with Crippen molar-refractivity contribution >= 4 is 0 Å². The number of hydrogen-bond donors (Lipinski definition) is 0. The molecule has 3 heterocycles. The van der Waals surface area contributed by atoms with E-state index in [9.17, 15) is 5.26 Å². The van der Waals surface area contributed by atoms with Crippen LogP contribution in [0.15, 0.2) is 16.5 Å². The third kappa shape index (κ3) is 4.65. The molecule has 25 heavy (non-hydrogen) atoms. The molecule has 0 unspecified atom stereocenters. The van der Waals surface area contributed by atoms with Crippen molar-refractivity contribution in [2.45, 2.75) is 70.8 Å². The van der Waals surface area contributed by atoms with Crippen LogP contribution < -0.4 is 0 Å². The lowest BCUT2D eigenvalue weighted by molar-refractivity contribution is 0.0340. The molecular formula is C21H32N2O2. The molecule has 0 amide bonds. The SMILES string of the molecule is CCc1ccc([C@H]2CCCCCN2CCCC2(C#N)CCOCC2)o1. The maximum absolute atomic E-state index is 9.65. The monoisotopic (exact) mass is 344 g/mol. The third-order valence-corrected chi connectivity index (χ3v) is 6.01. The minimum absolute atomic E-state index is 0.153. The zero-order chi connectivity index (χ0) is 17.5. The molecule has 4 nitrogen and oxygen atoms in total.